The van der Waals surface area contributed by atoms with Crippen molar-refractivity contribution >= 4 is 43.3 Å². The van der Waals surface area contributed by atoms with Crippen LogP contribution in [-0.2, 0) is 9.84 Å². The van der Waals surface area contributed by atoms with Gasteiger partial charge in [0, 0.05) is 17.6 Å². The molecule has 0 bridgehead atoms. The van der Waals surface area contributed by atoms with Gasteiger partial charge in [0.15, 0.2) is 9.84 Å². The van der Waals surface area contributed by atoms with Gasteiger partial charge in [0.05, 0.1) is 28.3 Å². The van der Waals surface area contributed by atoms with Gasteiger partial charge in [0.1, 0.15) is 0 Å². The molecule has 1 fully saturated rings. The first-order valence-electron chi connectivity index (χ1n) is 8.02. The fourth-order valence-corrected chi connectivity index (χ4v) is 4.37. The molecule has 6 nitrogen and oxygen atoms in total. The lowest BCUT2D eigenvalue weighted by Gasteiger charge is -2.27. The Hall–Kier alpha value is -2.19. The lowest BCUT2D eigenvalue weighted by atomic mass is 10.1. The number of benzene rings is 2. The van der Waals surface area contributed by atoms with Crippen molar-refractivity contribution in [3.8, 4) is 0 Å². The van der Waals surface area contributed by atoms with Gasteiger partial charge in [-0.2, -0.15) is 0 Å². The fourth-order valence-electron chi connectivity index (χ4n) is 2.70. The number of amides is 2. The summed E-state index contributed by atoms with van der Waals surface area (Å²) in [6.07, 6.45) is 0. The highest BCUT2D eigenvalue weighted by Crippen LogP contribution is 2.22. The maximum absolute atomic E-state index is 12.8. The Bertz CT molecular complexity index is 945. The molecule has 0 aliphatic carbocycles. The average molecular weight is 437 g/mol. The summed E-state index contributed by atoms with van der Waals surface area (Å²) in [5, 5.41) is 2.77. The van der Waals surface area contributed by atoms with Gasteiger partial charge >= 0.3 is 0 Å². The van der Waals surface area contributed by atoms with Crippen molar-refractivity contribution in [1.29, 1.82) is 0 Å². The minimum atomic E-state index is -3.07. The summed E-state index contributed by atoms with van der Waals surface area (Å²) in [5.41, 5.74) is 1.19. The second-order valence-electron chi connectivity index (χ2n) is 5.92. The molecule has 2 aromatic rings. The molecule has 136 valence electrons. The zero-order valence-electron chi connectivity index (χ0n) is 13.8. The molecular weight excluding hydrogens is 420 g/mol. The number of nitrogens with zero attached hydrogens (tertiary/aromatic N) is 1. The van der Waals surface area contributed by atoms with Crippen LogP contribution in [-0.4, -0.2) is 49.7 Å². The van der Waals surface area contributed by atoms with Gasteiger partial charge in [-0.05, 0) is 40.2 Å². The van der Waals surface area contributed by atoms with Gasteiger partial charge in [-0.25, -0.2) is 8.42 Å². The number of hydrogen-bond donors (Lipinski definition) is 1. The minimum Gasteiger partial charge on any atom is -0.337 e. The lowest BCUT2D eigenvalue weighted by molar-refractivity contribution is 0.0771. The number of para-hydroxylation sites is 1. The van der Waals surface area contributed by atoms with E-state index in [0.29, 0.717) is 21.3 Å². The first-order valence-corrected chi connectivity index (χ1v) is 10.6. The van der Waals surface area contributed by atoms with Crippen LogP contribution in [0.15, 0.2) is 53.0 Å². The third-order valence-corrected chi connectivity index (χ3v) is 6.46. The third kappa shape index (κ3) is 4.13. The number of carbonyl (C=O) groups is 2. The van der Waals surface area contributed by atoms with E-state index in [2.05, 4.69) is 21.2 Å². The fraction of sp³-hybridized carbons (Fsp3) is 0.222. The van der Waals surface area contributed by atoms with E-state index in [-0.39, 0.29) is 36.4 Å². The summed E-state index contributed by atoms with van der Waals surface area (Å²) in [4.78, 5) is 26.8. The Morgan fingerprint density at radius 1 is 0.923 bits per heavy atom. The molecule has 2 aromatic carbocycles. The summed E-state index contributed by atoms with van der Waals surface area (Å²) in [5.74, 6) is -0.698. The van der Waals surface area contributed by atoms with Crippen LogP contribution in [0.25, 0.3) is 0 Å². The molecule has 0 aromatic heterocycles. The van der Waals surface area contributed by atoms with Gasteiger partial charge in [-0.1, -0.05) is 24.3 Å². The predicted octanol–water partition coefficient (Wildman–Crippen LogP) is 2.57. The Labute approximate surface area is 160 Å². The highest BCUT2D eigenvalue weighted by Gasteiger charge is 2.27. The van der Waals surface area contributed by atoms with Crippen molar-refractivity contribution < 1.29 is 18.0 Å². The van der Waals surface area contributed by atoms with Crippen molar-refractivity contribution in [2.24, 2.45) is 0 Å². The monoisotopic (exact) mass is 436 g/mol. The summed E-state index contributed by atoms with van der Waals surface area (Å²) >= 11 is 3.34. The van der Waals surface area contributed by atoms with Gasteiger partial charge < -0.3 is 10.2 Å². The first-order chi connectivity index (χ1) is 12.4. The Morgan fingerprint density at radius 3 is 2.15 bits per heavy atom. The SMILES string of the molecule is O=C(Nc1ccccc1C(=O)N1CCS(=O)(=O)CC1)c1ccccc1Br. The van der Waals surface area contributed by atoms with E-state index in [0.717, 1.165) is 0 Å². The largest absolute Gasteiger partial charge is 0.337 e. The Balaban J connectivity index is 1.81. The van der Waals surface area contributed by atoms with Crippen LogP contribution in [0, 0.1) is 0 Å². The number of carbonyl (C=O) groups excluding carboxylic acids is 2. The molecule has 1 saturated heterocycles. The molecule has 0 atom stereocenters. The van der Waals surface area contributed by atoms with Crippen LogP contribution < -0.4 is 5.32 Å². The summed E-state index contributed by atoms with van der Waals surface area (Å²) < 4.78 is 23.8. The van der Waals surface area contributed by atoms with Crippen molar-refractivity contribution in [3.05, 3.63) is 64.1 Å². The van der Waals surface area contributed by atoms with Crippen molar-refractivity contribution in [2.75, 3.05) is 29.9 Å². The van der Waals surface area contributed by atoms with Gasteiger partial charge in [0.25, 0.3) is 11.8 Å². The quantitative estimate of drug-likeness (QED) is 0.800. The number of halogens is 1. The second kappa shape index (κ2) is 7.59. The average Bonchev–Trinajstić information content (AvgIpc) is 2.62. The summed E-state index contributed by atoms with van der Waals surface area (Å²) in [6, 6.07) is 13.7. The molecule has 1 N–H and O–H groups in total. The molecule has 0 unspecified atom stereocenters. The smallest absolute Gasteiger partial charge is 0.256 e. The Kier molecular flexibility index (Phi) is 5.43. The van der Waals surface area contributed by atoms with Crippen LogP contribution in [0.5, 0.6) is 0 Å². The normalized spacial score (nSPS) is 16.1. The number of nitrogens with one attached hydrogen (secondary N) is 1. The maximum Gasteiger partial charge on any atom is 0.256 e. The van der Waals surface area contributed by atoms with E-state index in [1.54, 1.807) is 42.5 Å². The first kappa shape index (κ1) is 18.6. The molecule has 0 radical (unpaired) electrons. The number of sulfone groups is 1. The summed E-state index contributed by atoms with van der Waals surface area (Å²) in [7, 11) is -3.07. The highest BCUT2D eigenvalue weighted by atomic mass is 79.9. The molecular formula is C18H17BrN2O4S. The topological polar surface area (TPSA) is 83.6 Å². The highest BCUT2D eigenvalue weighted by molar-refractivity contribution is 9.10. The van der Waals surface area contributed by atoms with E-state index >= 15 is 0 Å². The number of anilines is 1. The van der Waals surface area contributed by atoms with Crippen LogP contribution >= 0.6 is 15.9 Å². The maximum atomic E-state index is 12.8. The van der Waals surface area contributed by atoms with Gasteiger partial charge in [-0.15, -0.1) is 0 Å². The Morgan fingerprint density at radius 2 is 1.50 bits per heavy atom. The van der Waals surface area contributed by atoms with E-state index in [1.807, 2.05) is 6.07 Å². The zero-order chi connectivity index (χ0) is 18.7. The summed E-state index contributed by atoms with van der Waals surface area (Å²) in [6.45, 7) is 0.321. The zero-order valence-corrected chi connectivity index (χ0v) is 16.2. The molecule has 26 heavy (non-hydrogen) atoms. The predicted molar refractivity (Wildman–Crippen MR) is 103 cm³/mol. The van der Waals surface area contributed by atoms with E-state index in [1.165, 1.54) is 4.90 Å². The number of hydrogen-bond acceptors (Lipinski definition) is 4. The van der Waals surface area contributed by atoms with Gasteiger partial charge in [0.2, 0.25) is 0 Å². The van der Waals surface area contributed by atoms with Crippen molar-refractivity contribution in [3.63, 3.8) is 0 Å². The van der Waals surface area contributed by atoms with Crippen molar-refractivity contribution in [2.45, 2.75) is 0 Å². The third-order valence-electron chi connectivity index (χ3n) is 4.16. The lowest BCUT2D eigenvalue weighted by Crippen LogP contribution is -2.43. The molecule has 1 heterocycles. The molecule has 3 rings (SSSR count). The van der Waals surface area contributed by atoms with E-state index in [4.69, 9.17) is 0 Å². The molecule has 1 aliphatic rings. The molecule has 0 spiro atoms. The standard InChI is InChI=1S/C18H17BrN2O4S/c19-15-7-3-1-5-13(15)17(22)20-16-8-4-2-6-14(16)18(23)21-9-11-26(24,25)12-10-21/h1-8H,9-12H2,(H,20,22). The van der Waals surface area contributed by atoms with E-state index in [9.17, 15) is 18.0 Å². The second-order valence-corrected chi connectivity index (χ2v) is 9.08. The van der Waals surface area contributed by atoms with Crippen LogP contribution in [0.1, 0.15) is 20.7 Å². The van der Waals surface area contributed by atoms with Crippen LogP contribution in [0.2, 0.25) is 0 Å². The molecule has 2 amide bonds. The molecule has 8 heteroatoms. The van der Waals surface area contributed by atoms with E-state index < -0.39 is 9.84 Å². The minimum absolute atomic E-state index is 0.0375. The van der Waals surface area contributed by atoms with Crippen LogP contribution in [0.3, 0.4) is 0 Å². The van der Waals surface area contributed by atoms with Gasteiger partial charge in [-0.3, -0.25) is 9.59 Å². The number of rotatable bonds is 3. The van der Waals surface area contributed by atoms with Crippen LogP contribution in [0.4, 0.5) is 5.69 Å². The van der Waals surface area contributed by atoms with Crippen molar-refractivity contribution in [1.82, 2.24) is 4.90 Å². The molecule has 1 aliphatic heterocycles. The molecule has 0 saturated carbocycles.